The zero-order valence-electron chi connectivity index (χ0n) is 13.5. The van der Waals surface area contributed by atoms with Crippen molar-refractivity contribution in [1.29, 1.82) is 0 Å². The molecule has 0 amide bonds. The van der Waals surface area contributed by atoms with E-state index in [1.54, 1.807) is 21.3 Å². The van der Waals surface area contributed by atoms with Gasteiger partial charge in [-0.1, -0.05) is 13.8 Å². The van der Waals surface area contributed by atoms with E-state index in [2.05, 4.69) is 19.2 Å². The van der Waals surface area contributed by atoms with E-state index in [1.807, 2.05) is 6.07 Å². The highest BCUT2D eigenvalue weighted by atomic mass is 16.5. The number of methoxy groups -OCH3 is 3. The number of benzene rings is 1. The summed E-state index contributed by atoms with van der Waals surface area (Å²) in [4.78, 5) is 0. The van der Waals surface area contributed by atoms with Crippen molar-refractivity contribution in [2.24, 2.45) is 0 Å². The molecule has 5 nitrogen and oxygen atoms in total. The minimum absolute atomic E-state index is 0.0947. The van der Waals surface area contributed by atoms with Crippen molar-refractivity contribution < 1.29 is 18.9 Å². The fourth-order valence-electron chi connectivity index (χ4n) is 2.82. The third kappa shape index (κ3) is 2.75. The second kappa shape index (κ2) is 6.89. The molecule has 1 N–H and O–H groups in total. The molecular formula is C16H25NO4. The predicted octanol–water partition coefficient (Wildman–Crippen LogP) is 2.92. The van der Waals surface area contributed by atoms with Gasteiger partial charge >= 0.3 is 0 Å². The highest BCUT2D eigenvalue weighted by molar-refractivity contribution is 5.64. The summed E-state index contributed by atoms with van der Waals surface area (Å²) in [5.74, 6) is 2.74. The summed E-state index contributed by atoms with van der Waals surface area (Å²) in [6, 6.07) is 1.99. The van der Waals surface area contributed by atoms with E-state index in [0.717, 1.165) is 30.7 Å². The Labute approximate surface area is 126 Å². The van der Waals surface area contributed by atoms with Gasteiger partial charge in [0.15, 0.2) is 11.5 Å². The topological polar surface area (TPSA) is 49.0 Å². The Bertz CT molecular complexity index is 490. The third-order valence-electron chi connectivity index (χ3n) is 3.81. The third-order valence-corrected chi connectivity index (χ3v) is 3.81. The first-order chi connectivity index (χ1) is 10.2. The molecule has 2 unspecified atom stereocenters. The average Bonchev–Trinajstić information content (AvgIpc) is 2.87. The van der Waals surface area contributed by atoms with Gasteiger partial charge in [-0.05, 0) is 19.4 Å². The van der Waals surface area contributed by atoms with Crippen molar-refractivity contribution in [1.82, 2.24) is 5.32 Å². The van der Waals surface area contributed by atoms with E-state index in [1.165, 1.54) is 0 Å². The molecule has 0 bridgehead atoms. The molecule has 1 aliphatic heterocycles. The van der Waals surface area contributed by atoms with E-state index in [4.69, 9.17) is 18.9 Å². The van der Waals surface area contributed by atoms with Gasteiger partial charge in [0.25, 0.3) is 0 Å². The maximum Gasteiger partial charge on any atom is 0.203 e. The summed E-state index contributed by atoms with van der Waals surface area (Å²) in [5, 5.41) is 3.55. The first-order valence-corrected chi connectivity index (χ1v) is 7.44. The van der Waals surface area contributed by atoms with Crippen LogP contribution in [-0.2, 0) is 0 Å². The molecule has 5 heteroatoms. The molecule has 1 aromatic carbocycles. The van der Waals surface area contributed by atoms with Gasteiger partial charge < -0.3 is 24.3 Å². The van der Waals surface area contributed by atoms with Crippen molar-refractivity contribution in [2.45, 2.75) is 38.8 Å². The van der Waals surface area contributed by atoms with Crippen molar-refractivity contribution in [3.63, 3.8) is 0 Å². The smallest absolute Gasteiger partial charge is 0.203 e. The Morgan fingerprint density at radius 1 is 1.10 bits per heavy atom. The van der Waals surface area contributed by atoms with Gasteiger partial charge in [-0.25, -0.2) is 0 Å². The van der Waals surface area contributed by atoms with Gasteiger partial charge in [0.2, 0.25) is 5.75 Å². The molecule has 0 saturated heterocycles. The van der Waals surface area contributed by atoms with Crippen LogP contribution in [0.2, 0.25) is 0 Å². The van der Waals surface area contributed by atoms with Crippen LogP contribution in [0.25, 0.3) is 0 Å². The normalized spacial score (nSPS) is 19.9. The van der Waals surface area contributed by atoms with Crippen LogP contribution in [-0.4, -0.2) is 34.0 Å². The van der Waals surface area contributed by atoms with Crippen LogP contribution in [0, 0.1) is 0 Å². The Kier molecular flexibility index (Phi) is 5.17. The lowest BCUT2D eigenvalue weighted by Gasteiger charge is -2.20. The van der Waals surface area contributed by atoms with Gasteiger partial charge in [0, 0.05) is 6.07 Å². The van der Waals surface area contributed by atoms with E-state index in [9.17, 15) is 0 Å². The quantitative estimate of drug-likeness (QED) is 0.838. The van der Waals surface area contributed by atoms with Crippen LogP contribution in [0.15, 0.2) is 6.07 Å². The molecule has 0 aliphatic carbocycles. The molecular weight excluding hydrogens is 270 g/mol. The number of hydrogen-bond acceptors (Lipinski definition) is 5. The molecule has 1 heterocycles. The van der Waals surface area contributed by atoms with E-state index in [-0.39, 0.29) is 12.1 Å². The Hall–Kier alpha value is -1.62. The minimum atomic E-state index is 0.0947. The molecule has 21 heavy (non-hydrogen) atoms. The van der Waals surface area contributed by atoms with Crippen LogP contribution in [0.3, 0.4) is 0 Å². The lowest BCUT2D eigenvalue weighted by molar-refractivity contribution is 0.184. The van der Waals surface area contributed by atoms with Crippen LogP contribution < -0.4 is 24.3 Å². The van der Waals surface area contributed by atoms with Crippen LogP contribution >= 0.6 is 0 Å². The maximum atomic E-state index is 6.07. The SMILES string of the molecule is CCCNC1c2c(cc(OC)c(OC)c2OC)OC1CC. The lowest BCUT2D eigenvalue weighted by atomic mass is 10.00. The standard InChI is InChI=1S/C16H25NO4/c1-6-8-17-14-10(7-2)21-11-9-12(18-3)15(19-4)16(20-5)13(11)14/h9-10,14,17H,6-8H2,1-5H3. The number of rotatable bonds is 7. The van der Waals surface area contributed by atoms with Gasteiger partial charge in [-0.3, -0.25) is 0 Å². The number of hydrogen-bond donors (Lipinski definition) is 1. The highest BCUT2D eigenvalue weighted by Gasteiger charge is 2.38. The lowest BCUT2D eigenvalue weighted by Crippen LogP contribution is -2.31. The molecule has 2 rings (SSSR count). The summed E-state index contributed by atoms with van der Waals surface area (Å²) in [7, 11) is 4.88. The Morgan fingerprint density at radius 3 is 2.33 bits per heavy atom. The highest BCUT2D eigenvalue weighted by Crippen LogP contribution is 2.52. The molecule has 1 aliphatic rings. The number of fused-ring (bicyclic) bond motifs is 1. The molecule has 1 aromatic rings. The zero-order valence-corrected chi connectivity index (χ0v) is 13.5. The number of ether oxygens (including phenoxy) is 4. The predicted molar refractivity (Wildman–Crippen MR) is 81.8 cm³/mol. The summed E-state index contributed by atoms with van der Waals surface area (Å²) in [6.07, 6.45) is 2.08. The van der Waals surface area contributed by atoms with Crippen molar-refractivity contribution >= 4 is 0 Å². The fourth-order valence-corrected chi connectivity index (χ4v) is 2.82. The van der Waals surface area contributed by atoms with E-state index >= 15 is 0 Å². The summed E-state index contributed by atoms with van der Waals surface area (Å²) >= 11 is 0. The summed E-state index contributed by atoms with van der Waals surface area (Å²) in [6.45, 7) is 5.20. The summed E-state index contributed by atoms with van der Waals surface area (Å²) < 4.78 is 22.5. The Morgan fingerprint density at radius 2 is 1.81 bits per heavy atom. The largest absolute Gasteiger partial charge is 0.493 e. The monoisotopic (exact) mass is 295 g/mol. The van der Waals surface area contributed by atoms with Gasteiger partial charge in [-0.15, -0.1) is 0 Å². The maximum absolute atomic E-state index is 6.07. The fraction of sp³-hybridized carbons (Fsp3) is 0.625. The number of nitrogens with one attached hydrogen (secondary N) is 1. The van der Waals surface area contributed by atoms with E-state index in [0.29, 0.717) is 17.2 Å². The second-order valence-corrected chi connectivity index (χ2v) is 5.05. The van der Waals surface area contributed by atoms with Crippen molar-refractivity contribution in [3.05, 3.63) is 11.6 Å². The molecule has 0 saturated carbocycles. The van der Waals surface area contributed by atoms with Crippen molar-refractivity contribution in [2.75, 3.05) is 27.9 Å². The van der Waals surface area contributed by atoms with Gasteiger partial charge in [-0.2, -0.15) is 0 Å². The van der Waals surface area contributed by atoms with Crippen LogP contribution in [0.5, 0.6) is 23.0 Å². The molecule has 0 fully saturated rings. The van der Waals surface area contributed by atoms with Gasteiger partial charge in [0.1, 0.15) is 11.9 Å². The van der Waals surface area contributed by atoms with Crippen LogP contribution in [0.1, 0.15) is 38.3 Å². The molecule has 0 spiro atoms. The average molecular weight is 295 g/mol. The summed E-state index contributed by atoms with van der Waals surface area (Å²) in [5.41, 5.74) is 1.02. The first-order valence-electron chi connectivity index (χ1n) is 7.44. The van der Waals surface area contributed by atoms with Gasteiger partial charge in [0.05, 0.1) is 32.9 Å². The van der Waals surface area contributed by atoms with Crippen molar-refractivity contribution in [3.8, 4) is 23.0 Å². The molecule has 118 valence electrons. The zero-order chi connectivity index (χ0) is 15.4. The first kappa shape index (κ1) is 15.8. The second-order valence-electron chi connectivity index (χ2n) is 5.05. The molecule has 0 radical (unpaired) electrons. The Balaban J connectivity index is 2.52. The van der Waals surface area contributed by atoms with Crippen LogP contribution in [0.4, 0.5) is 0 Å². The van der Waals surface area contributed by atoms with E-state index < -0.39 is 0 Å². The minimum Gasteiger partial charge on any atom is -0.493 e. The molecule has 2 atom stereocenters. The molecule has 0 aromatic heterocycles.